The maximum atomic E-state index is 8.96. The van der Waals surface area contributed by atoms with Crippen LogP contribution in [0.15, 0.2) is 24.3 Å². The van der Waals surface area contributed by atoms with Gasteiger partial charge in [-0.15, -0.1) is 0 Å². The molecule has 16 heavy (non-hydrogen) atoms. The van der Waals surface area contributed by atoms with E-state index in [1.165, 1.54) is 12.0 Å². The normalized spacial score (nSPS) is 22.2. The molecule has 1 atom stereocenters. The van der Waals surface area contributed by atoms with Gasteiger partial charge in [-0.3, -0.25) is 4.90 Å². The molecule has 0 spiro atoms. The lowest BCUT2D eigenvalue weighted by Gasteiger charge is -2.30. The number of hydrogen-bond acceptors (Lipinski definition) is 3. The van der Waals surface area contributed by atoms with Crippen molar-refractivity contribution >= 4 is 0 Å². The Balaban J connectivity index is 1.92. The van der Waals surface area contributed by atoms with Gasteiger partial charge in [0, 0.05) is 19.1 Å². The Bertz CT molecular complexity index is 323. The molecule has 1 aromatic carbocycles. The number of aliphatic hydroxyl groups is 1. The molecule has 0 aliphatic carbocycles. The zero-order valence-electron chi connectivity index (χ0n) is 9.60. The van der Waals surface area contributed by atoms with Crippen molar-refractivity contribution in [3.63, 3.8) is 0 Å². The van der Waals surface area contributed by atoms with Crippen LogP contribution in [0.1, 0.15) is 24.0 Å². The number of hydrogen-bond donors (Lipinski definition) is 2. The summed E-state index contributed by atoms with van der Waals surface area (Å²) in [6, 6.07) is 8.49. The van der Waals surface area contributed by atoms with Gasteiger partial charge in [-0.1, -0.05) is 24.3 Å². The molecular formula is C13H20N2O. The standard InChI is InChI=1S/C13H20N2O/c14-13-2-1-7-15(9-13)8-11-3-5-12(10-16)6-4-11/h3-6,13,16H,1-2,7-10,14H2/t13-/m1/s1. The molecule has 3 N–H and O–H groups in total. The summed E-state index contributed by atoms with van der Waals surface area (Å²) in [6.07, 6.45) is 2.36. The highest BCUT2D eigenvalue weighted by Gasteiger charge is 2.16. The highest BCUT2D eigenvalue weighted by atomic mass is 16.3. The lowest BCUT2D eigenvalue weighted by molar-refractivity contribution is 0.201. The van der Waals surface area contributed by atoms with Crippen molar-refractivity contribution in [2.24, 2.45) is 5.73 Å². The van der Waals surface area contributed by atoms with Gasteiger partial charge in [-0.05, 0) is 30.5 Å². The zero-order chi connectivity index (χ0) is 11.4. The number of nitrogens with zero attached hydrogens (tertiary/aromatic N) is 1. The van der Waals surface area contributed by atoms with Gasteiger partial charge in [-0.25, -0.2) is 0 Å². The van der Waals surface area contributed by atoms with E-state index in [1.807, 2.05) is 12.1 Å². The first-order chi connectivity index (χ1) is 7.78. The fourth-order valence-electron chi connectivity index (χ4n) is 2.24. The van der Waals surface area contributed by atoms with Crippen LogP contribution in [-0.4, -0.2) is 29.1 Å². The summed E-state index contributed by atoms with van der Waals surface area (Å²) in [5, 5.41) is 8.96. The first-order valence-electron chi connectivity index (χ1n) is 5.94. The van der Waals surface area contributed by atoms with Gasteiger partial charge in [0.05, 0.1) is 6.61 Å². The maximum Gasteiger partial charge on any atom is 0.0681 e. The van der Waals surface area contributed by atoms with Crippen LogP contribution in [0.25, 0.3) is 0 Å². The van der Waals surface area contributed by atoms with E-state index in [2.05, 4.69) is 17.0 Å². The molecule has 1 fully saturated rings. The molecule has 0 aromatic heterocycles. The molecule has 1 aromatic rings. The summed E-state index contributed by atoms with van der Waals surface area (Å²) in [4.78, 5) is 2.40. The quantitative estimate of drug-likeness (QED) is 0.802. The third-order valence-corrected chi connectivity index (χ3v) is 3.15. The van der Waals surface area contributed by atoms with Crippen molar-refractivity contribution in [3.05, 3.63) is 35.4 Å². The second-order valence-corrected chi connectivity index (χ2v) is 4.61. The third kappa shape index (κ3) is 3.04. The summed E-state index contributed by atoms with van der Waals surface area (Å²) < 4.78 is 0. The average Bonchev–Trinajstić information content (AvgIpc) is 2.30. The first kappa shape index (κ1) is 11.6. The number of rotatable bonds is 3. The Hall–Kier alpha value is -0.900. The molecule has 1 aliphatic rings. The van der Waals surface area contributed by atoms with Crippen molar-refractivity contribution in [3.8, 4) is 0 Å². The summed E-state index contributed by atoms with van der Waals surface area (Å²) in [5.41, 5.74) is 8.22. The van der Waals surface area contributed by atoms with Crippen LogP contribution in [0.4, 0.5) is 0 Å². The monoisotopic (exact) mass is 220 g/mol. The molecular weight excluding hydrogens is 200 g/mol. The minimum atomic E-state index is 0.120. The highest BCUT2D eigenvalue weighted by molar-refractivity contribution is 5.21. The SMILES string of the molecule is N[C@@H]1CCCN(Cc2ccc(CO)cc2)C1. The van der Waals surface area contributed by atoms with E-state index in [1.54, 1.807) is 0 Å². The van der Waals surface area contributed by atoms with Gasteiger partial charge in [0.15, 0.2) is 0 Å². The van der Waals surface area contributed by atoms with Gasteiger partial charge in [0.2, 0.25) is 0 Å². The molecule has 1 aliphatic heterocycles. The van der Waals surface area contributed by atoms with Crippen molar-refractivity contribution < 1.29 is 5.11 Å². The van der Waals surface area contributed by atoms with Gasteiger partial charge >= 0.3 is 0 Å². The summed E-state index contributed by atoms with van der Waals surface area (Å²) in [6.45, 7) is 3.24. The topological polar surface area (TPSA) is 49.5 Å². The lowest BCUT2D eigenvalue weighted by Crippen LogP contribution is -2.42. The highest BCUT2D eigenvalue weighted by Crippen LogP contribution is 2.13. The fraction of sp³-hybridized carbons (Fsp3) is 0.538. The molecule has 2 rings (SSSR count). The number of piperidine rings is 1. The number of benzene rings is 1. The minimum Gasteiger partial charge on any atom is -0.392 e. The van der Waals surface area contributed by atoms with Gasteiger partial charge in [0.25, 0.3) is 0 Å². The predicted molar refractivity (Wildman–Crippen MR) is 64.9 cm³/mol. The van der Waals surface area contributed by atoms with Crippen LogP contribution >= 0.6 is 0 Å². The van der Waals surface area contributed by atoms with Crippen LogP contribution in [0.2, 0.25) is 0 Å². The minimum absolute atomic E-state index is 0.120. The van der Waals surface area contributed by atoms with Crippen LogP contribution in [0.3, 0.4) is 0 Å². The van der Waals surface area contributed by atoms with Crippen LogP contribution < -0.4 is 5.73 Å². The smallest absolute Gasteiger partial charge is 0.0681 e. The van der Waals surface area contributed by atoms with E-state index in [9.17, 15) is 0 Å². The molecule has 3 nitrogen and oxygen atoms in total. The lowest BCUT2D eigenvalue weighted by atomic mass is 10.1. The number of aliphatic hydroxyl groups excluding tert-OH is 1. The predicted octanol–water partition coefficient (Wildman–Crippen LogP) is 1.10. The molecule has 88 valence electrons. The molecule has 0 amide bonds. The van der Waals surface area contributed by atoms with E-state index in [0.717, 1.165) is 31.6 Å². The number of likely N-dealkylation sites (tertiary alicyclic amines) is 1. The zero-order valence-corrected chi connectivity index (χ0v) is 9.60. The van der Waals surface area contributed by atoms with Crippen LogP contribution in [0, 0.1) is 0 Å². The van der Waals surface area contributed by atoms with Crippen molar-refractivity contribution in [2.45, 2.75) is 32.0 Å². The van der Waals surface area contributed by atoms with Crippen LogP contribution in [-0.2, 0) is 13.2 Å². The summed E-state index contributed by atoms with van der Waals surface area (Å²) in [7, 11) is 0. The van der Waals surface area contributed by atoms with E-state index in [-0.39, 0.29) is 6.61 Å². The Morgan fingerprint density at radius 3 is 2.56 bits per heavy atom. The fourth-order valence-corrected chi connectivity index (χ4v) is 2.24. The Kier molecular flexibility index (Phi) is 3.93. The van der Waals surface area contributed by atoms with E-state index < -0.39 is 0 Å². The van der Waals surface area contributed by atoms with Gasteiger partial charge in [0.1, 0.15) is 0 Å². The molecule has 1 saturated heterocycles. The van der Waals surface area contributed by atoms with E-state index in [4.69, 9.17) is 10.8 Å². The van der Waals surface area contributed by atoms with Gasteiger partial charge in [-0.2, -0.15) is 0 Å². The largest absolute Gasteiger partial charge is 0.392 e. The molecule has 0 radical (unpaired) electrons. The molecule has 0 saturated carbocycles. The second kappa shape index (κ2) is 5.43. The van der Waals surface area contributed by atoms with Crippen molar-refractivity contribution in [2.75, 3.05) is 13.1 Å². The molecule has 0 bridgehead atoms. The first-order valence-corrected chi connectivity index (χ1v) is 5.94. The van der Waals surface area contributed by atoms with E-state index in [0.29, 0.717) is 6.04 Å². The maximum absolute atomic E-state index is 8.96. The van der Waals surface area contributed by atoms with Crippen molar-refractivity contribution in [1.82, 2.24) is 4.90 Å². The number of nitrogens with two attached hydrogens (primary N) is 1. The second-order valence-electron chi connectivity index (χ2n) is 4.61. The van der Waals surface area contributed by atoms with Gasteiger partial charge < -0.3 is 10.8 Å². The Morgan fingerprint density at radius 1 is 1.25 bits per heavy atom. The summed E-state index contributed by atoms with van der Waals surface area (Å²) in [5.74, 6) is 0. The Labute approximate surface area is 96.9 Å². The van der Waals surface area contributed by atoms with Crippen LogP contribution in [0.5, 0.6) is 0 Å². The molecule has 3 heteroatoms. The third-order valence-electron chi connectivity index (χ3n) is 3.15. The van der Waals surface area contributed by atoms with E-state index >= 15 is 0 Å². The van der Waals surface area contributed by atoms with Crippen molar-refractivity contribution in [1.29, 1.82) is 0 Å². The molecule has 1 heterocycles. The molecule has 0 unspecified atom stereocenters. The Morgan fingerprint density at radius 2 is 1.94 bits per heavy atom. The average molecular weight is 220 g/mol. The summed E-state index contributed by atoms with van der Waals surface area (Å²) >= 11 is 0.